The standard InChI is InChI=1S/C33H33N6O9P/c40-28-16-13-25(37-28)31(43)34-19-1-7-22(8-2-19)46-49(47-23-9-3-20(4-10-23)35-32(44)26-14-17-29(41)38-26)48-24-11-5-21(6-12-24)36-33(45)27-15-18-30(42)39-27/h1-12,25-27H,13-18H2,(H,34,43)(H,35,44)(H,36,45)(H,37,40)(H,38,41)(H,39,42). The molecule has 6 N–H and O–H groups in total. The van der Waals surface area contributed by atoms with E-state index in [2.05, 4.69) is 31.9 Å². The number of amides is 6. The maximum absolute atomic E-state index is 12.5. The number of carbonyl (C=O) groups excluding carboxylic acids is 6. The van der Waals surface area contributed by atoms with Gasteiger partial charge in [0.15, 0.2) is 0 Å². The maximum atomic E-state index is 12.5. The predicted molar refractivity (Wildman–Crippen MR) is 178 cm³/mol. The molecule has 3 aromatic carbocycles. The van der Waals surface area contributed by atoms with Crippen molar-refractivity contribution in [1.82, 2.24) is 16.0 Å². The van der Waals surface area contributed by atoms with E-state index in [9.17, 15) is 28.8 Å². The Morgan fingerprint density at radius 1 is 0.490 bits per heavy atom. The fraction of sp³-hybridized carbons (Fsp3) is 0.273. The highest BCUT2D eigenvalue weighted by molar-refractivity contribution is 7.43. The number of rotatable bonds is 12. The summed E-state index contributed by atoms with van der Waals surface area (Å²) in [5, 5.41) is 16.2. The van der Waals surface area contributed by atoms with Crippen LogP contribution < -0.4 is 45.5 Å². The van der Waals surface area contributed by atoms with Gasteiger partial charge in [0, 0.05) is 36.3 Å². The van der Waals surface area contributed by atoms with Gasteiger partial charge in [-0.15, -0.1) is 0 Å². The molecular formula is C33H33N6O9P. The Labute approximate surface area is 281 Å². The zero-order valence-corrected chi connectivity index (χ0v) is 26.9. The Morgan fingerprint density at radius 2 is 0.755 bits per heavy atom. The van der Waals surface area contributed by atoms with Crippen LogP contribution in [-0.4, -0.2) is 53.6 Å². The summed E-state index contributed by atoms with van der Waals surface area (Å²) in [5.41, 5.74) is 1.53. The molecule has 3 atom stereocenters. The maximum Gasteiger partial charge on any atom is 0.530 e. The van der Waals surface area contributed by atoms with Gasteiger partial charge in [0.1, 0.15) is 35.4 Å². The number of hydrogen-bond donors (Lipinski definition) is 6. The molecule has 3 aromatic rings. The molecule has 6 amide bonds. The number of nitrogens with one attached hydrogen (secondary N) is 6. The van der Waals surface area contributed by atoms with Gasteiger partial charge >= 0.3 is 8.60 Å². The molecule has 15 nitrogen and oxygen atoms in total. The molecule has 0 aliphatic carbocycles. The van der Waals surface area contributed by atoms with Crippen molar-refractivity contribution in [3.63, 3.8) is 0 Å². The third-order valence-corrected chi connectivity index (χ3v) is 8.92. The molecule has 16 heteroatoms. The predicted octanol–water partition coefficient (Wildman–Crippen LogP) is 3.10. The van der Waals surface area contributed by atoms with Crippen LogP contribution in [0.3, 0.4) is 0 Å². The minimum Gasteiger partial charge on any atom is -0.409 e. The van der Waals surface area contributed by atoms with Crippen LogP contribution in [0.4, 0.5) is 17.1 Å². The van der Waals surface area contributed by atoms with Gasteiger partial charge in [0.05, 0.1) is 0 Å². The van der Waals surface area contributed by atoms with E-state index >= 15 is 0 Å². The van der Waals surface area contributed by atoms with Gasteiger partial charge in [0.2, 0.25) is 35.4 Å². The summed E-state index contributed by atoms with van der Waals surface area (Å²) >= 11 is 0. The molecule has 0 radical (unpaired) electrons. The molecule has 3 unspecified atom stereocenters. The molecule has 0 bridgehead atoms. The Kier molecular flexibility index (Phi) is 10.2. The molecule has 3 heterocycles. The fourth-order valence-corrected chi connectivity index (χ4v) is 6.23. The summed E-state index contributed by atoms with van der Waals surface area (Å²) in [6.07, 6.45) is 2.23. The highest BCUT2D eigenvalue weighted by Crippen LogP contribution is 2.43. The number of carbonyl (C=O) groups is 6. The second kappa shape index (κ2) is 15.0. The third-order valence-electron chi connectivity index (χ3n) is 7.84. The minimum absolute atomic E-state index is 0.158. The molecule has 3 saturated heterocycles. The second-order valence-corrected chi connectivity index (χ2v) is 12.5. The van der Waals surface area contributed by atoms with E-state index in [0.29, 0.717) is 72.8 Å². The molecular weight excluding hydrogens is 655 g/mol. The summed E-state index contributed by atoms with van der Waals surface area (Å²) in [5.74, 6) is -0.275. The van der Waals surface area contributed by atoms with Gasteiger partial charge < -0.3 is 45.5 Å². The van der Waals surface area contributed by atoms with Crippen molar-refractivity contribution in [2.75, 3.05) is 16.0 Å². The SMILES string of the molecule is O=C1CCC(C(=O)Nc2ccc(OP(Oc3ccc(NC(=O)C4CCC(=O)N4)cc3)Oc3ccc(NC(=O)C4CCC(=O)N4)cc3)cc2)N1. The van der Waals surface area contributed by atoms with Gasteiger partial charge in [-0.2, -0.15) is 0 Å². The molecule has 0 saturated carbocycles. The molecule has 6 rings (SSSR count). The van der Waals surface area contributed by atoms with Crippen LogP contribution in [0.25, 0.3) is 0 Å². The van der Waals surface area contributed by atoms with Crippen molar-refractivity contribution in [1.29, 1.82) is 0 Å². The van der Waals surface area contributed by atoms with E-state index in [-0.39, 0.29) is 35.4 Å². The summed E-state index contributed by atoms with van der Waals surface area (Å²) in [7, 11) is -2.11. The van der Waals surface area contributed by atoms with E-state index in [1.54, 1.807) is 72.8 Å². The zero-order valence-electron chi connectivity index (χ0n) is 26.0. The third kappa shape index (κ3) is 9.02. The Hall–Kier alpha value is -5.69. The van der Waals surface area contributed by atoms with Gasteiger partial charge in [0.25, 0.3) is 0 Å². The lowest BCUT2D eigenvalue weighted by atomic mass is 10.2. The molecule has 3 fully saturated rings. The molecule has 254 valence electrons. The number of benzene rings is 3. The highest BCUT2D eigenvalue weighted by Gasteiger charge is 2.29. The van der Waals surface area contributed by atoms with Gasteiger partial charge in [-0.1, -0.05) is 0 Å². The van der Waals surface area contributed by atoms with E-state index in [1.165, 1.54) is 0 Å². The lowest BCUT2D eigenvalue weighted by Crippen LogP contribution is -2.37. The topological polar surface area (TPSA) is 202 Å². The molecule has 0 spiro atoms. The van der Waals surface area contributed by atoms with Crippen LogP contribution in [0.5, 0.6) is 17.2 Å². The molecule has 3 aliphatic rings. The smallest absolute Gasteiger partial charge is 0.409 e. The molecule has 49 heavy (non-hydrogen) atoms. The summed E-state index contributed by atoms with van der Waals surface area (Å²) in [4.78, 5) is 71.8. The first-order chi connectivity index (χ1) is 23.7. The zero-order chi connectivity index (χ0) is 34.3. The summed E-state index contributed by atoms with van der Waals surface area (Å²) in [6.45, 7) is 0. The minimum atomic E-state index is -2.11. The van der Waals surface area contributed by atoms with E-state index in [4.69, 9.17) is 13.6 Å². The summed E-state index contributed by atoms with van der Waals surface area (Å²) in [6, 6.07) is 17.9. The van der Waals surface area contributed by atoms with Crippen LogP contribution in [0.2, 0.25) is 0 Å². The lowest BCUT2D eigenvalue weighted by Gasteiger charge is -2.19. The van der Waals surface area contributed by atoms with Crippen molar-refractivity contribution in [2.24, 2.45) is 0 Å². The van der Waals surface area contributed by atoms with Crippen LogP contribution in [0, 0.1) is 0 Å². The van der Waals surface area contributed by atoms with Gasteiger partial charge in [-0.25, -0.2) is 0 Å². The van der Waals surface area contributed by atoms with Crippen LogP contribution >= 0.6 is 8.60 Å². The monoisotopic (exact) mass is 688 g/mol. The van der Waals surface area contributed by atoms with Crippen molar-refractivity contribution < 1.29 is 42.3 Å². The normalized spacial score (nSPS) is 20.3. The molecule has 0 aromatic heterocycles. The lowest BCUT2D eigenvalue weighted by molar-refractivity contribution is -0.122. The van der Waals surface area contributed by atoms with Crippen molar-refractivity contribution in [2.45, 2.75) is 56.7 Å². The van der Waals surface area contributed by atoms with E-state index < -0.39 is 26.7 Å². The molecule has 3 aliphatic heterocycles. The largest absolute Gasteiger partial charge is 0.530 e. The fourth-order valence-electron chi connectivity index (χ4n) is 5.23. The van der Waals surface area contributed by atoms with Gasteiger partial charge in [-0.3, -0.25) is 28.8 Å². The van der Waals surface area contributed by atoms with Crippen LogP contribution in [-0.2, 0) is 28.8 Å². The Morgan fingerprint density at radius 3 is 0.980 bits per heavy atom. The van der Waals surface area contributed by atoms with E-state index in [0.717, 1.165) is 0 Å². The average Bonchev–Trinajstić information content (AvgIpc) is 3.85. The number of hydrogen-bond acceptors (Lipinski definition) is 9. The average molecular weight is 689 g/mol. The van der Waals surface area contributed by atoms with E-state index in [1.807, 2.05) is 0 Å². The van der Waals surface area contributed by atoms with Gasteiger partial charge in [-0.05, 0) is 92.1 Å². The first kappa shape index (κ1) is 33.2. The van der Waals surface area contributed by atoms with Crippen molar-refractivity contribution >= 4 is 61.1 Å². The van der Waals surface area contributed by atoms with Crippen molar-refractivity contribution in [3.8, 4) is 17.2 Å². The number of anilines is 3. The quantitative estimate of drug-likeness (QED) is 0.155. The first-order valence-corrected chi connectivity index (χ1v) is 16.7. The second-order valence-electron chi connectivity index (χ2n) is 11.5. The van der Waals surface area contributed by atoms with Crippen LogP contribution in [0.15, 0.2) is 72.8 Å². The highest BCUT2D eigenvalue weighted by atomic mass is 31.2. The van der Waals surface area contributed by atoms with Crippen molar-refractivity contribution in [3.05, 3.63) is 72.8 Å². The summed E-state index contributed by atoms with van der Waals surface area (Å²) < 4.78 is 18.2. The Balaban J connectivity index is 1.11. The first-order valence-electron chi connectivity index (χ1n) is 15.6. The Bertz CT molecular complexity index is 1530. The van der Waals surface area contributed by atoms with Crippen LogP contribution in [0.1, 0.15) is 38.5 Å².